The summed E-state index contributed by atoms with van der Waals surface area (Å²) in [7, 11) is 2.13. The predicted octanol–water partition coefficient (Wildman–Crippen LogP) is 4.09. The molecule has 3 rings (SSSR count). The molecule has 1 fully saturated rings. The zero-order valence-electron chi connectivity index (χ0n) is 18.6. The third kappa shape index (κ3) is 6.56. The molecule has 1 aromatic carbocycles. The van der Waals surface area contributed by atoms with Crippen molar-refractivity contribution >= 4 is 17.3 Å². The fraction of sp³-hybridized carbons (Fsp3) is 0.542. The van der Waals surface area contributed by atoms with Gasteiger partial charge >= 0.3 is 0 Å². The van der Waals surface area contributed by atoms with Gasteiger partial charge < -0.3 is 20.3 Å². The Balaban J connectivity index is 1.68. The summed E-state index contributed by atoms with van der Waals surface area (Å²) in [5.41, 5.74) is 1.27. The smallest absolute Gasteiger partial charge is 0.193 e. The third-order valence-corrected chi connectivity index (χ3v) is 6.71. The van der Waals surface area contributed by atoms with E-state index >= 15 is 0 Å². The molecule has 0 aliphatic carbocycles. The second-order valence-corrected chi connectivity index (χ2v) is 9.12. The lowest BCUT2D eigenvalue weighted by Gasteiger charge is -2.40. The van der Waals surface area contributed by atoms with E-state index in [1.807, 2.05) is 11.3 Å². The van der Waals surface area contributed by atoms with Crippen molar-refractivity contribution in [1.82, 2.24) is 15.5 Å². The lowest BCUT2D eigenvalue weighted by atomic mass is 9.88. The van der Waals surface area contributed by atoms with Crippen molar-refractivity contribution < 1.29 is 4.74 Å². The van der Waals surface area contributed by atoms with Crippen molar-refractivity contribution in [2.24, 2.45) is 4.99 Å². The Hall–Kier alpha value is -1.89. The molecule has 5 nitrogen and oxygen atoms in total. The van der Waals surface area contributed by atoms with Gasteiger partial charge in [-0.2, -0.15) is 0 Å². The molecule has 0 bridgehead atoms. The number of aliphatic imine (C=N–C) groups is 1. The lowest BCUT2D eigenvalue weighted by Crippen LogP contribution is -2.53. The van der Waals surface area contributed by atoms with Crippen LogP contribution in [0.5, 0.6) is 0 Å². The maximum absolute atomic E-state index is 5.68. The number of hydrogen-bond donors (Lipinski definition) is 2. The first-order valence-corrected chi connectivity index (χ1v) is 11.9. The van der Waals surface area contributed by atoms with Crippen LogP contribution in [0.1, 0.15) is 43.2 Å². The molecule has 1 unspecified atom stereocenters. The van der Waals surface area contributed by atoms with Gasteiger partial charge in [-0.3, -0.25) is 4.99 Å². The van der Waals surface area contributed by atoms with Gasteiger partial charge in [0.25, 0.3) is 0 Å². The molecule has 1 atom stereocenters. The molecule has 30 heavy (non-hydrogen) atoms. The Kier molecular flexibility index (Phi) is 8.73. The molecule has 2 heterocycles. The normalized spacial score (nSPS) is 17.5. The second-order valence-electron chi connectivity index (χ2n) is 8.09. The molecule has 164 valence electrons. The zero-order chi connectivity index (χ0) is 21.2. The van der Waals surface area contributed by atoms with E-state index in [9.17, 15) is 0 Å². The molecule has 6 heteroatoms. The average Bonchev–Trinajstić information content (AvgIpc) is 3.30. The Morgan fingerprint density at radius 2 is 1.97 bits per heavy atom. The van der Waals surface area contributed by atoms with Crippen LogP contribution in [0, 0.1) is 0 Å². The SMILES string of the molecule is CCNC(=NCC1(NC(C)c2ccccc2)CCOCC1)N(C)CCc1cccs1. The maximum Gasteiger partial charge on any atom is 0.193 e. The van der Waals surface area contributed by atoms with Crippen molar-refractivity contribution in [1.29, 1.82) is 0 Å². The first-order valence-electron chi connectivity index (χ1n) is 11.0. The van der Waals surface area contributed by atoms with Crippen molar-refractivity contribution in [3.63, 3.8) is 0 Å². The fourth-order valence-corrected chi connectivity index (χ4v) is 4.63. The highest BCUT2D eigenvalue weighted by Gasteiger charge is 2.34. The van der Waals surface area contributed by atoms with Crippen LogP contribution in [0.3, 0.4) is 0 Å². The van der Waals surface area contributed by atoms with Gasteiger partial charge in [0.05, 0.1) is 6.54 Å². The highest BCUT2D eigenvalue weighted by atomic mass is 32.1. The van der Waals surface area contributed by atoms with Gasteiger partial charge in [-0.1, -0.05) is 36.4 Å². The molecule has 0 amide bonds. The minimum absolute atomic E-state index is 0.0389. The van der Waals surface area contributed by atoms with Gasteiger partial charge in [-0.05, 0) is 50.1 Å². The first-order chi connectivity index (χ1) is 14.6. The van der Waals surface area contributed by atoms with Crippen molar-refractivity contribution in [3.8, 4) is 0 Å². The molecular formula is C24H36N4OS. The molecule has 0 spiro atoms. The Morgan fingerprint density at radius 1 is 1.20 bits per heavy atom. The van der Waals surface area contributed by atoms with Crippen LogP contribution in [0.15, 0.2) is 52.8 Å². The molecule has 1 aromatic heterocycles. The summed E-state index contributed by atoms with van der Waals surface area (Å²) in [5.74, 6) is 0.981. The summed E-state index contributed by atoms with van der Waals surface area (Å²) in [5, 5.41) is 9.52. The lowest BCUT2D eigenvalue weighted by molar-refractivity contribution is 0.0374. The fourth-order valence-electron chi connectivity index (χ4n) is 3.93. The van der Waals surface area contributed by atoms with Crippen LogP contribution in [-0.2, 0) is 11.2 Å². The van der Waals surface area contributed by atoms with E-state index in [2.05, 4.69) is 84.3 Å². The number of guanidine groups is 1. The van der Waals surface area contributed by atoms with Gasteiger partial charge in [0, 0.05) is 49.8 Å². The number of nitrogens with zero attached hydrogens (tertiary/aromatic N) is 2. The summed E-state index contributed by atoms with van der Waals surface area (Å²) in [6.45, 7) is 8.52. The molecule has 0 radical (unpaired) electrons. The van der Waals surface area contributed by atoms with Gasteiger partial charge in [-0.15, -0.1) is 11.3 Å². The Morgan fingerprint density at radius 3 is 2.63 bits per heavy atom. The van der Waals surface area contributed by atoms with Crippen LogP contribution < -0.4 is 10.6 Å². The summed E-state index contributed by atoms with van der Waals surface area (Å²) >= 11 is 1.82. The second kappa shape index (κ2) is 11.5. The molecule has 0 saturated carbocycles. The predicted molar refractivity (Wildman–Crippen MR) is 127 cm³/mol. The molecule has 2 aromatic rings. The first kappa shape index (κ1) is 22.8. The van der Waals surface area contributed by atoms with E-state index in [0.717, 1.165) is 58.1 Å². The number of likely N-dealkylation sites (N-methyl/N-ethyl adjacent to an activating group) is 1. The number of nitrogens with one attached hydrogen (secondary N) is 2. The van der Waals surface area contributed by atoms with Crippen LogP contribution in [0.4, 0.5) is 0 Å². The maximum atomic E-state index is 5.68. The number of ether oxygens (including phenoxy) is 1. The van der Waals surface area contributed by atoms with Gasteiger partial charge in [0.15, 0.2) is 5.96 Å². The summed E-state index contributed by atoms with van der Waals surface area (Å²) in [4.78, 5) is 8.73. The van der Waals surface area contributed by atoms with Gasteiger partial charge in [0.2, 0.25) is 0 Å². The van der Waals surface area contributed by atoms with Crippen molar-refractivity contribution in [2.75, 3.05) is 39.9 Å². The van der Waals surface area contributed by atoms with E-state index in [4.69, 9.17) is 9.73 Å². The third-order valence-electron chi connectivity index (χ3n) is 5.77. The van der Waals surface area contributed by atoms with E-state index in [1.165, 1.54) is 10.4 Å². The van der Waals surface area contributed by atoms with E-state index in [-0.39, 0.29) is 11.6 Å². The van der Waals surface area contributed by atoms with E-state index in [1.54, 1.807) is 0 Å². The Bertz CT molecular complexity index is 757. The minimum atomic E-state index is -0.0389. The topological polar surface area (TPSA) is 48.9 Å². The summed E-state index contributed by atoms with van der Waals surface area (Å²) in [6, 6.07) is 15.3. The monoisotopic (exact) mass is 428 g/mol. The Labute approximate surface area is 185 Å². The summed E-state index contributed by atoms with van der Waals surface area (Å²) < 4.78 is 5.68. The average molecular weight is 429 g/mol. The van der Waals surface area contributed by atoms with Crippen molar-refractivity contribution in [2.45, 2.75) is 44.7 Å². The molecular weight excluding hydrogens is 392 g/mol. The zero-order valence-corrected chi connectivity index (χ0v) is 19.4. The van der Waals surface area contributed by atoms with Crippen LogP contribution in [0.2, 0.25) is 0 Å². The van der Waals surface area contributed by atoms with E-state index in [0.29, 0.717) is 0 Å². The molecule has 1 aliphatic rings. The minimum Gasteiger partial charge on any atom is -0.381 e. The standard InChI is InChI=1S/C24H36N4OS/c1-4-25-23(28(3)15-12-22-11-8-18-30-22)26-19-24(13-16-29-17-14-24)27-20(2)21-9-6-5-7-10-21/h5-11,18,20,27H,4,12-17,19H2,1-3H3,(H,25,26). The van der Waals surface area contributed by atoms with Gasteiger partial charge in [-0.25, -0.2) is 0 Å². The highest BCUT2D eigenvalue weighted by molar-refractivity contribution is 7.09. The summed E-state index contributed by atoms with van der Waals surface area (Å²) in [6.07, 6.45) is 3.00. The molecule has 2 N–H and O–H groups in total. The number of thiophene rings is 1. The number of benzene rings is 1. The van der Waals surface area contributed by atoms with Crippen molar-refractivity contribution in [3.05, 3.63) is 58.3 Å². The van der Waals surface area contributed by atoms with Crippen LogP contribution in [0.25, 0.3) is 0 Å². The molecule has 1 saturated heterocycles. The van der Waals surface area contributed by atoms with Crippen LogP contribution in [-0.4, -0.2) is 56.3 Å². The highest BCUT2D eigenvalue weighted by Crippen LogP contribution is 2.26. The largest absolute Gasteiger partial charge is 0.381 e. The molecule has 1 aliphatic heterocycles. The number of hydrogen-bond acceptors (Lipinski definition) is 4. The number of rotatable bonds is 9. The van der Waals surface area contributed by atoms with E-state index < -0.39 is 0 Å². The van der Waals surface area contributed by atoms with Gasteiger partial charge in [0.1, 0.15) is 0 Å². The quantitative estimate of drug-likeness (QED) is 0.467. The van der Waals surface area contributed by atoms with Crippen LogP contribution >= 0.6 is 11.3 Å².